The number of rotatable bonds is 3. The van der Waals surface area contributed by atoms with Crippen LogP contribution in [0.1, 0.15) is 20.8 Å². The van der Waals surface area contributed by atoms with Gasteiger partial charge in [0, 0.05) is 23.1 Å². The fourth-order valence-electron chi connectivity index (χ4n) is 1.48. The maximum atomic E-state index is 12.3. The molecule has 0 aliphatic carbocycles. The predicted octanol–water partition coefficient (Wildman–Crippen LogP) is 3.24. The molecule has 6 nitrogen and oxygen atoms in total. The number of aromatic carboxylic acids is 1. The van der Waals surface area contributed by atoms with Gasteiger partial charge >= 0.3 is 5.97 Å². The summed E-state index contributed by atoms with van der Waals surface area (Å²) in [5.74, 6) is -1.73. The lowest BCUT2D eigenvalue weighted by atomic mass is 10.2. The van der Waals surface area contributed by atoms with Crippen molar-refractivity contribution in [3.05, 3.63) is 46.5 Å². The predicted molar refractivity (Wildman–Crippen MR) is 102 cm³/mol. The maximum Gasteiger partial charge on any atom is 0.358 e. The smallest absolute Gasteiger partial charge is 0.358 e. The molecule has 0 saturated carbocycles. The fraction of sp³-hybridized carbons (Fsp3) is 0. The summed E-state index contributed by atoms with van der Waals surface area (Å²) in [6, 6.07) is 3.68. The average Bonchev–Trinajstić information content (AvgIpc) is 2.43. The molecule has 1 aromatic carbocycles. The van der Waals surface area contributed by atoms with E-state index in [1.165, 1.54) is 12.4 Å². The summed E-state index contributed by atoms with van der Waals surface area (Å²) in [5.41, 5.74) is 0.176. The number of carbonyl (C=O) groups excluding carboxylic acids is 1. The molecule has 0 spiro atoms. The van der Waals surface area contributed by atoms with Gasteiger partial charge in [0.05, 0.1) is 5.56 Å². The summed E-state index contributed by atoms with van der Waals surface area (Å²) in [6.45, 7) is 0. The van der Waals surface area contributed by atoms with Crippen molar-refractivity contribution in [2.45, 2.75) is 0 Å². The number of hydrogen-bond donors (Lipinski definition) is 2. The molecule has 2 N–H and O–H groups in total. The molecule has 0 fully saturated rings. The van der Waals surface area contributed by atoms with Crippen LogP contribution >= 0.6 is 67.8 Å². The molecule has 0 aliphatic heterocycles. The molecule has 1 aromatic heterocycles. The Bertz CT molecular complexity index is 737. The quantitative estimate of drug-likeness (QED) is 0.406. The lowest BCUT2D eigenvalue weighted by Crippen LogP contribution is -2.18. The van der Waals surface area contributed by atoms with E-state index < -0.39 is 11.9 Å². The Balaban J connectivity index is 2.38. The number of carboxylic acid groups (broad SMARTS) is 1. The molecular formula is C12H6I3N3O3. The van der Waals surface area contributed by atoms with Crippen LogP contribution in [0.2, 0.25) is 0 Å². The number of nitrogens with one attached hydrogen (secondary N) is 1. The fourth-order valence-corrected chi connectivity index (χ4v) is 3.88. The van der Waals surface area contributed by atoms with Gasteiger partial charge in [-0.2, -0.15) is 0 Å². The van der Waals surface area contributed by atoms with E-state index in [0.717, 1.165) is 10.7 Å². The molecule has 0 radical (unpaired) electrons. The number of nitrogens with zero attached hydrogens (tertiary/aromatic N) is 2. The monoisotopic (exact) mass is 621 g/mol. The highest BCUT2D eigenvalue weighted by Crippen LogP contribution is 2.23. The zero-order valence-corrected chi connectivity index (χ0v) is 16.6. The molecule has 0 atom stereocenters. The topological polar surface area (TPSA) is 92.2 Å². The number of benzene rings is 1. The van der Waals surface area contributed by atoms with Gasteiger partial charge in [-0.3, -0.25) is 4.79 Å². The van der Waals surface area contributed by atoms with Crippen molar-refractivity contribution < 1.29 is 14.7 Å². The largest absolute Gasteiger partial charge is 0.476 e. The van der Waals surface area contributed by atoms with Crippen LogP contribution in [0.4, 0.5) is 5.82 Å². The number of aromatic nitrogens is 2. The van der Waals surface area contributed by atoms with E-state index in [1.807, 2.05) is 6.07 Å². The van der Waals surface area contributed by atoms with Crippen molar-refractivity contribution in [1.82, 2.24) is 9.97 Å². The summed E-state index contributed by atoms with van der Waals surface area (Å²) in [6.07, 6.45) is 2.59. The van der Waals surface area contributed by atoms with Gasteiger partial charge in [0.2, 0.25) is 0 Å². The molecule has 21 heavy (non-hydrogen) atoms. The van der Waals surface area contributed by atoms with Gasteiger partial charge in [-0.25, -0.2) is 14.8 Å². The van der Waals surface area contributed by atoms with Crippen LogP contribution < -0.4 is 5.32 Å². The van der Waals surface area contributed by atoms with Crippen LogP contribution in [0.15, 0.2) is 24.5 Å². The van der Waals surface area contributed by atoms with E-state index in [1.54, 1.807) is 6.07 Å². The van der Waals surface area contributed by atoms with Gasteiger partial charge in [-0.15, -0.1) is 0 Å². The summed E-state index contributed by atoms with van der Waals surface area (Å²) >= 11 is 6.34. The van der Waals surface area contributed by atoms with E-state index in [9.17, 15) is 9.59 Å². The molecule has 108 valence electrons. The molecule has 0 aliphatic rings. The Morgan fingerprint density at radius 2 is 1.76 bits per heavy atom. The number of carboxylic acids is 1. The second-order valence-corrected chi connectivity index (χ2v) is 7.25. The van der Waals surface area contributed by atoms with Gasteiger partial charge in [0.1, 0.15) is 0 Å². The first-order valence-corrected chi connectivity index (χ1v) is 8.64. The first-order chi connectivity index (χ1) is 9.90. The summed E-state index contributed by atoms with van der Waals surface area (Å²) in [7, 11) is 0. The van der Waals surface area contributed by atoms with Crippen LogP contribution in [0, 0.1) is 10.7 Å². The second-order valence-electron chi connectivity index (χ2n) is 3.76. The summed E-state index contributed by atoms with van der Waals surface area (Å²) < 4.78 is 2.66. The van der Waals surface area contributed by atoms with E-state index in [2.05, 4.69) is 83.1 Å². The van der Waals surface area contributed by atoms with Gasteiger partial charge < -0.3 is 10.4 Å². The Morgan fingerprint density at radius 3 is 2.43 bits per heavy atom. The highest BCUT2D eigenvalue weighted by molar-refractivity contribution is 14.1. The Hall–Kier alpha value is -0.570. The van der Waals surface area contributed by atoms with Crippen LogP contribution in [0.5, 0.6) is 0 Å². The first-order valence-electron chi connectivity index (χ1n) is 5.40. The van der Waals surface area contributed by atoms with E-state index in [4.69, 9.17) is 5.11 Å². The van der Waals surface area contributed by atoms with Gasteiger partial charge in [0.25, 0.3) is 5.91 Å². The lowest BCUT2D eigenvalue weighted by molar-refractivity contribution is 0.0691. The Kier molecular flexibility index (Phi) is 5.70. The molecule has 1 heterocycles. The second kappa shape index (κ2) is 7.13. The van der Waals surface area contributed by atoms with E-state index in [-0.39, 0.29) is 11.5 Å². The molecule has 0 bridgehead atoms. The van der Waals surface area contributed by atoms with Crippen LogP contribution in [-0.2, 0) is 0 Å². The SMILES string of the molecule is O=C(Nc1nccnc1C(=O)O)c1cc(I)cc(I)c1I. The number of amides is 1. The van der Waals surface area contributed by atoms with E-state index >= 15 is 0 Å². The molecule has 2 aromatic rings. The maximum absolute atomic E-state index is 12.3. The summed E-state index contributed by atoms with van der Waals surface area (Å²) in [4.78, 5) is 30.9. The lowest BCUT2D eigenvalue weighted by Gasteiger charge is -2.09. The Labute approximate surface area is 160 Å². The average molecular weight is 621 g/mol. The highest BCUT2D eigenvalue weighted by Gasteiger charge is 2.18. The molecular weight excluding hydrogens is 615 g/mol. The standard InChI is InChI=1S/C12H6I3N3O3/c13-5-3-6(8(15)7(14)4-5)11(19)18-10-9(12(20)21)16-1-2-17-10/h1-4H,(H,20,21)(H,17,18,19). The molecule has 2 rings (SSSR count). The number of hydrogen-bond acceptors (Lipinski definition) is 4. The van der Waals surface area contributed by atoms with Crippen LogP contribution in [0.25, 0.3) is 0 Å². The number of halogens is 3. The van der Waals surface area contributed by atoms with Crippen molar-refractivity contribution >= 4 is 85.5 Å². The molecule has 0 unspecified atom stereocenters. The zero-order valence-electron chi connectivity index (χ0n) is 10.1. The molecule has 9 heteroatoms. The minimum absolute atomic E-state index is 0.0698. The molecule has 1 amide bonds. The van der Waals surface area contributed by atoms with Crippen molar-refractivity contribution in [3.63, 3.8) is 0 Å². The zero-order chi connectivity index (χ0) is 15.6. The third kappa shape index (κ3) is 4.00. The third-order valence-electron chi connectivity index (χ3n) is 2.37. The number of anilines is 1. The van der Waals surface area contributed by atoms with Crippen molar-refractivity contribution in [3.8, 4) is 0 Å². The minimum atomic E-state index is -1.25. The van der Waals surface area contributed by atoms with E-state index in [0.29, 0.717) is 5.56 Å². The van der Waals surface area contributed by atoms with Crippen molar-refractivity contribution in [2.75, 3.05) is 5.32 Å². The summed E-state index contributed by atoms with van der Waals surface area (Å²) in [5, 5.41) is 11.5. The third-order valence-corrected chi connectivity index (χ3v) is 6.04. The van der Waals surface area contributed by atoms with Gasteiger partial charge in [-0.1, -0.05) is 0 Å². The van der Waals surface area contributed by atoms with Crippen LogP contribution in [-0.4, -0.2) is 27.0 Å². The highest BCUT2D eigenvalue weighted by atomic mass is 127. The number of carbonyl (C=O) groups is 2. The first kappa shape index (κ1) is 16.8. The van der Waals surface area contributed by atoms with Crippen molar-refractivity contribution in [1.29, 1.82) is 0 Å². The van der Waals surface area contributed by atoms with Gasteiger partial charge in [0.15, 0.2) is 11.5 Å². The Morgan fingerprint density at radius 1 is 1.10 bits per heavy atom. The van der Waals surface area contributed by atoms with Gasteiger partial charge in [-0.05, 0) is 79.9 Å². The normalized spacial score (nSPS) is 10.2. The van der Waals surface area contributed by atoms with Crippen LogP contribution in [0.3, 0.4) is 0 Å². The minimum Gasteiger partial charge on any atom is -0.476 e. The molecule has 0 saturated heterocycles. The van der Waals surface area contributed by atoms with Crippen molar-refractivity contribution in [2.24, 2.45) is 0 Å².